The van der Waals surface area contributed by atoms with Crippen molar-refractivity contribution >= 4 is 0 Å². The maximum absolute atomic E-state index is 5.83. The van der Waals surface area contributed by atoms with Gasteiger partial charge in [0.05, 0.1) is 0 Å². The molecule has 0 bridgehead atoms. The topological polar surface area (TPSA) is 40.6 Å². The summed E-state index contributed by atoms with van der Waals surface area (Å²) < 4.78 is 17.2. The first kappa shape index (κ1) is 15.9. The average molecular weight is 321 g/mol. The molecule has 122 valence electrons. The molecule has 0 aliphatic carbocycles. The number of ether oxygens (including phenoxy) is 3. The van der Waals surface area contributed by atoms with Crippen molar-refractivity contribution in [3.05, 3.63) is 79.0 Å². The predicted molar refractivity (Wildman–Crippen MR) is 92.8 cm³/mol. The Morgan fingerprint density at radius 1 is 0.792 bits per heavy atom. The van der Waals surface area contributed by atoms with Crippen LogP contribution in [0.4, 0.5) is 0 Å². The molecule has 1 heterocycles. The maximum Gasteiger partial charge on any atom is 0.213 e. The number of rotatable bonds is 7. The van der Waals surface area contributed by atoms with Crippen LogP contribution in [0, 0.1) is 0 Å². The van der Waals surface area contributed by atoms with Gasteiger partial charge in [-0.2, -0.15) is 0 Å². The Morgan fingerprint density at radius 3 is 2.17 bits per heavy atom. The van der Waals surface area contributed by atoms with Gasteiger partial charge in [-0.15, -0.1) is 0 Å². The largest absolute Gasteiger partial charge is 0.487 e. The lowest BCUT2D eigenvalue weighted by atomic mass is 10.3. The van der Waals surface area contributed by atoms with Crippen LogP contribution in [-0.4, -0.2) is 17.7 Å². The van der Waals surface area contributed by atoms with Crippen LogP contribution in [0.1, 0.15) is 6.92 Å². The molecule has 1 atom stereocenters. The number of benzene rings is 2. The van der Waals surface area contributed by atoms with Gasteiger partial charge in [-0.25, -0.2) is 4.98 Å². The van der Waals surface area contributed by atoms with Gasteiger partial charge >= 0.3 is 0 Å². The lowest BCUT2D eigenvalue weighted by molar-refractivity contribution is 0.140. The van der Waals surface area contributed by atoms with Crippen molar-refractivity contribution in [1.29, 1.82) is 0 Å². The molecule has 0 spiro atoms. The Labute approximate surface area is 141 Å². The van der Waals surface area contributed by atoms with E-state index < -0.39 is 0 Å². The summed E-state index contributed by atoms with van der Waals surface area (Å²) in [6.45, 7) is 2.39. The molecule has 0 amide bonds. The van der Waals surface area contributed by atoms with E-state index in [1.807, 2.05) is 79.7 Å². The zero-order valence-electron chi connectivity index (χ0n) is 13.5. The van der Waals surface area contributed by atoms with Crippen LogP contribution >= 0.6 is 0 Å². The van der Waals surface area contributed by atoms with Gasteiger partial charge in [0.2, 0.25) is 5.88 Å². The summed E-state index contributed by atoms with van der Waals surface area (Å²) in [5.41, 5.74) is 0. The van der Waals surface area contributed by atoms with Gasteiger partial charge in [-0.3, -0.25) is 0 Å². The molecule has 3 rings (SSSR count). The summed E-state index contributed by atoms with van der Waals surface area (Å²) >= 11 is 0. The van der Waals surface area contributed by atoms with Crippen LogP contribution in [0.15, 0.2) is 79.0 Å². The molecular weight excluding hydrogens is 302 g/mol. The van der Waals surface area contributed by atoms with Crippen LogP contribution in [0.5, 0.6) is 23.1 Å². The summed E-state index contributed by atoms with van der Waals surface area (Å²) in [7, 11) is 0. The van der Waals surface area contributed by atoms with E-state index in [1.165, 1.54) is 0 Å². The summed E-state index contributed by atoms with van der Waals surface area (Å²) in [6.07, 6.45) is 1.61. The molecule has 2 aromatic carbocycles. The monoisotopic (exact) mass is 321 g/mol. The first-order valence-electron chi connectivity index (χ1n) is 7.83. The lowest BCUT2D eigenvalue weighted by Crippen LogP contribution is -2.21. The fraction of sp³-hybridized carbons (Fsp3) is 0.150. The summed E-state index contributed by atoms with van der Waals surface area (Å²) in [4.78, 5) is 4.11. The minimum atomic E-state index is -0.0899. The molecule has 0 N–H and O–H groups in total. The van der Waals surface area contributed by atoms with Crippen molar-refractivity contribution in [2.75, 3.05) is 6.61 Å². The summed E-state index contributed by atoms with van der Waals surface area (Å²) in [6, 6.07) is 22.8. The Bertz CT molecular complexity index is 730. The first-order chi connectivity index (χ1) is 11.8. The molecule has 4 nitrogen and oxygen atoms in total. The molecule has 0 saturated heterocycles. The van der Waals surface area contributed by atoms with Crippen molar-refractivity contribution in [2.24, 2.45) is 0 Å². The van der Waals surface area contributed by atoms with Crippen LogP contribution in [0.25, 0.3) is 0 Å². The summed E-state index contributed by atoms with van der Waals surface area (Å²) in [5.74, 6) is 2.95. The molecule has 0 radical (unpaired) electrons. The first-order valence-corrected chi connectivity index (χ1v) is 7.83. The summed E-state index contributed by atoms with van der Waals surface area (Å²) in [5, 5.41) is 0. The van der Waals surface area contributed by atoms with Crippen LogP contribution in [0.2, 0.25) is 0 Å². The number of nitrogens with zero attached hydrogens (tertiary/aromatic N) is 1. The Kier molecular flexibility index (Phi) is 5.30. The normalized spacial score (nSPS) is 11.5. The van der Waals surface area contributed by atoms with E-state index in [9.17, 15) is 0 Å². The smallest absolute Gasteiger partial charge is 0.213 e. The Balaban J connectivity index is 1.50. The third-order valence-corrected chi connectivity index (χ3v) is 3.24. The van der Waals surface area contributed by atoms with Crippen molar-refractivity contribution in [3.8, 4) is 23.1 Å². The predicted octanol–water partition coefficient (Wildman–Crippen LogP) is 4.72. The van der Waals surface area contributed by atoms with Crippen molar-refractivity contribution in [3.63, 3.8) is 0 Å². The molecule has 24 heavy (non-hydrogen) atoms. The zero-order chi connectivity index (χ0) is 16.6. The van der Waals surface area contributed by atoms with E-state index in [0.29, 0.717) is 12.5 Å². The number of aromatic nitrogens is 1. The minimum absolute atomic E-state index is 0.0899. The zero-order valence-corrected chi connectivity index (χ0v) is 13.5. The van der Waals surface area contributed by atoms with E-state index in [4.69, 9.17) is 14.2 Å². The average Bonchev–Trinajstić information content (AvgIpc) is 2.63. The number of para-hydroxylation sites is 1. The molecule has 3 aromatic rings. The standard InChI is InChI=1S/C20H19NO3/c1-16(15-22-20-9-5-6-14-21-20)23-18-10-12-19(13-11-18)24-17-7-3-2-4-8-17/h2-14,16H,15H2,1H3. The van der Waals surface area contributed by atoms with Crippen molar-refractivity contribution < 1.29 is 14.2 Å². The van der Waals surface area contributed by atoms with E-state index in [0.717, 1.165) is 17.2 Å². The lowest BCUT2D eigenvalue weighted by Gasteiger charge is -2.15. The second-order valence-corrected chi connectivity index (χ2v) is 5.29. The van der Waals surface area contributed by atoms with Gasteiger partial charge in [0.25, 0.3) is 0 Å². The molecular formula is C20H19NO3. The third-order valence-electron chi connectivity index (χ3n) is 3.24. The second kappa shape index (κ2) is 8.02. The highest BCUT2D eigenvalue weighted by Gasteiger charge is 2.06. The fourth-order valence-electron chi connectivity index (χ4n) is 2.11. The van der Waals surface area contributed by atoms with Crippen LogP contribution in [0.3, 0.4) is 0 Å². The minimum Gasteiger partial charge on any atom is -0.487 e. The van der Waals surface area contributed by atoms with E-state index in [-0.39, 0.29) is 6.10 Å². The molecule has 1 aromatic heterocycles. The van der Waals surface area contributed by atoms with Gasteiger partial charge in [0, 0.05) is 12.3 Å². The molecule has 0 aliphatic rings. The van der Waals surface area contributed by atoms with Gasteiger partial charge in [-0.1, -0.05) is 24.3 Å². The van der Waals surface area contributed by atoms with Crippen molar-refractivity contribution in [2.45, 2.75) is 13.0 Å². The fourth-order valence-corrected chi connectivity index (χ4v) is 2.11. The molecule has 0 fully saturated rings. The van der Waals surface area contributed by atoms with Gasteiger partial charge in [0.15, 0.2) is 0 Å². The maximum atomic E-state index is 5.83. The molecule has 0 saturated carbocycles. The van der Waals surface area contributed by atoms with E-state index in [2.05, 4.69) is 4.98 Å². The quantitative estimate of drug-likeness (QED) is 0.631. The SMILES string of the molecule is CC(COc1ccccn1)Oc1ccc(Oc2ccccc2)cc1. The van der Waals surface area contributed by atoms with Gasteiger partial charge in [0.1, 0.15) is 30.0 Å². The highest BCUT2D eigenvalue weighted by Crippen LogP contribution is 2.24. The van der Waals surface area contributed by atoms with Gasteiger partial charge < -0.3 is 14.2 Å². The highest BCUT2D eigenvalue weighted by atomic mass is 16.5. The van der Waals surface area contributed by atoms with Crippen LogP contribution < -0.4 is 14.2 Å². The second-order valence-electron chi connectivity index (χ2n) is 5.29. The number of hydrogen-bond acceptors (Lipinski definition) is 4. The van der Waals surface area contributed by atoms with E-state index in [1.54, 1.807) is 6.20 Å². The molecule has 1 unspecified atom stereocenters. The van der Waals surface area contributed by atoms with E-state index >= 15 is 0 Å². The molecule has 4 heteroatoms. The Morgan fingerprint density at radius 2 is 1.46 bits per heavy atom. The van der Waals surface area contributed by atoms with Gasteiger partial charge in [-0.05, 0) is 49.4 Å². The van der Waals surface area contributed by atoms with Crippen LogP contribution in [-0.2, 0) is 0 Å². The Hall–Kier alpha value is -3.01. The number of hydrogen-bond donors (Lipinski definition) is 0. The van der Waals surface area contributed by atoms with Crippen molar-refractivity contribution in [1.82, 2.24) is 4.98 Å². The highest BCUT2D eigenvalue weighted by molar-refractivity contribution is 5.35. The third kappa shape index (κ3) is 4.74. The number of pyridine rings is 1. The molecule has 0 aliphatic heterocycles.